The number of pyridine rings is 1. The second-order valence-electron chi connectivity index (χ2n) is 8.12. The van der Waals surface area contributed by atoms with Gasteiger partial charge in [0.15, 0.2) is 17.5 Å². The summed E-state index contributed by atoms with van der Waals surface area (Å²) in [6.07, 6.45) is 3.14. The molecule has 1 saturated heterocycles. The summed E-state index contributed by atoms with van der Waals surface area (Å²) in [5.74, 6) is -1.12. The van der Waals surface area contributed by atoms with Gasteiger partial charge in [-0.15, -0.1) is 5.10 Å². The number of hydrazone groups is 1. The van der Waals surface area contributed by atoms with Gasteiger partial charge >= 0.3 is 0 Å². The first kappa shape index (κ1) is 25.9. The Hall–Kier alpha value is -3.69. The third-order valence-corrected chi connectivity index (χ3v) is 5.77. The second-order valence-corrected chi connectivity index (χ2v) is 8.12. The van der Waals surface area contributed by atoms with E-state index in [2.05, 4.69) is 45.8 Å². The van der Waals surface area contributed by atoms with Crippen molar-refractivity contribution in [1.82, 2.24) is 30.2 Å². The molecule has 0 aliphatic carbocycles. The Morgan fingerprint density at radius 1 is 1.17 bits per heavy atom. The van der Waals surface area contributed by atoms with Crippen molar-refractivity contribution in [3.63, 3.8) is 0 Å². The molecule has 0 saturated carbocycles. The number of aromatic nitrogens is 5. The fourth-order valence-electron chi connectivity index (χ4n) is 4.16. The molecule has 1 atom stereocenters. The fourth-order valence-corrected chi connectivity index (χ4v) is 4.16. The number of benzene rings is 1. The standard InChI is InChI=1S/C23H26F2N8.C2H6/c1-5-10-32(26-3)13-16-11-15(2)33(14-16)20-9-7-18(21(24)22(20)25)17-6-8-19(27-12-17)23-28-29-30-31(23)4;1-2/h6-9,12,16H,2-3,5,10-11,13-14H2,1,4H3;1-2H3. The summed E-state index contributed by atoms with van der Waals surface area (Å²) in [7, 11) is 1.70. The lowest BCUT2D eigenvalue weighted by Gasteiger charge is -2.23. The normalized spacial score (nSPS) is 15.1. The zero-order valence-corrected chi connectivity index (χ0v) is 20.7. The minimum absolute atomic E-state index is 0.137. The summed E-state index contributed by atoms with van der Waals surface area (Å²) >= 11 is 0. The van der Waals surface area contributed by atoms with Crippen molar-refractivity contribution in [2.45, 2.75) is 33.6 Å². The van der Waals surface area contributed by atoms with Crippen LogP contribution in [0.15, 0.2) is 47.8 Å². The molecule has 10 heteroatoms. The lowest BCUT2D eigenvalue weighted by Crippen LogP contribution is -2.28. The molecule has 186 valence electrons. The van der Waals surface area contributed by atoms with Gasteiger partial charge in [-0.2, -0.15) is 5.10 Å². The van der Waals surface area contributed by atoms with E-state index in [1.165, 1.54) is 10.9 Å². The molecule has 8 nitrogen and oxygen atoms in total. The average Bonchev–Trinajstić information content (AvgIpc) is 3.46. The summed E-state index contributed by atoms with van der Waals surface area (Å²) in [5.41, 5.74) is 2.08. The Labute approximate surface area is 205 Å². The SMILES string of the molecule is C=NN(CCC)CC1CC(=C)N(c2ccc(-c3ccc(-c4nnnn4C)nc3)c(F)c2F)C1.CC. The second kappa shape index (κ2) is 11.6. The van der Waals surface area contributed by atoms with Gasteiger partial charge in [0.05, 0.1) is 5.69 Å². The van der Waals surface area contributed by atoms with Crippen LogP contribution in [0.25, 0.3) is 22.6 Å². The maximum Gasteiger partial charge on any atom is 0.200 e. The molecule has 3 aromatic rings. The number of hydrogen-bond acceptors (Lipinski definition) is 7. The maximum atomic E-state index is 15.2. The van der Waals surface area contributed by atoms with Crippen LogP contribution in [0.1, 0.15) is 33.6 Å². The van der Waals surface area contributed by atoms with E-state index in [4.69, 9.17) is 0 Å². The molecule has 0 bridgehead atoms. The Balaban J connectivity index is 0.00000167. The van der Waals surface area contributed by atoms with Crippen LogP contribution in [0.2, 0.25) is 0 Å². The minimum Gasteiger partial charge on any atom is -0.343 e. The molecule has 35 heavy (non-hydrogen) atoms. The molecule has 1 aliphatic rings. The summed E-state index contributed by atoms with van der Waals surface area (Å²) in [6.45, 7) is 15.8. The molecule has 0 amide bonds. The van der Waals surface area contributed by atoms with Gasteiger partial charge in [-0.05, 0) is 41.5 Å². The van der Waals surface area contributed by atoms with Crippen LogP contribution >= 0.6 is 0 Å². The third kappa shape index (κ3) is 5.52. The van der Waals surface area contributed by atoms with E-state index < -0.39 is 11.6 Å². The van der Waals surface area contributed by atoms with E-state index in [9.17, 15) is 0 Å². The number of halogens is 2. The first-order valence-corrected chi connectivity index (χ1v) is 11.8. The molecule has 2 aromatic heterocycles. The van der Waals surface area contributed by atoms with Crippen molar-refractivity contribution in [2.75, 3.05) is 24.5 Å². The highest BCUT2D eigenvalue weighted by Gasteiger charge is 2.30. The van der Waals surface area contributed by atoms with E-state index >= 15 is 8.78 Å². The predicted octanol–water partition coefficient (Wildman–Crippen LogP) is 4.91. The molecule has 1 aliphatic heterocycles. The number of anilines is 1. The van der Waals surface area contributed by atoms with E-state index in [1.807, 2.05) is 18.9 Å². The van der Waals surface area contributed by atoms with Crippen LogP contribution in [-0.2, 0) is 7.05 Å². The van der Waals surface area contributed by atoms with Crippen LogP contribution in [-0.4, -0.2) is 56.6 Å². The van der Waals surface area contributed by atoms with Gasteiger partial charge in [0.1, 0.15) is 5.69 Å². The van der Waals surface area contributed by atoms with Crippen molar-refractivity contribution in [2.24, 2.45) is 18.1 Å². The average molecular weight is 483 g/mol. The number of tetrazole rings is 1. The van der Waals surface area contributed by atoms with Gasteiger partial charge in [0.2, 0.25) is 0 Å². The Morgan fingerprint density at radius 3 is 2.54 bits per heavy atom. The number of nitrogens with zero attached hydrogens (tertiary/aromatic N) is 8. The summed E-state index contributed by atoms with van der Waals surface area (Å²) in [4.78, 5) is 6.06. The molecule has 1 aromatic carbocycles. The molecule has 4 rings (SSSR count). The van der Waals surface area contributed by atoms with Crippen molar-refractivity contribution >= 4 is 12.4 Å². The highest BCUT2D eigenvalue weighted by molar-refractivity contribution is 5.69. The molecule has 1 fully saturated rings. The lowest BCUT2D eigenvalue weighted by molar-refractivity contribution is 0.252. The molecule has 0 radical (unpaired) electrons. The van der Waals surface area contributed by atoms with Crippen LogP contribution < -0.4 is 4.90 Å². The van der Waals surface area contributed by atoms with E-state index in [0.29, 0.717) is 36.6 Å². The molecular weight excluding hydrogens is 450 g/mol. The van der Waals surface area contributed by atoms with Gasteiger partial charge in [-0.1, -0.05) is 33.4 Å². The molecule has 0 spiro atoms. The fraction of sp³-hybridized carbons (Fsp3) is 0.400. The zero-order chi connectivity index (χ0) is 25.5. The first-order valence-electron chi connectivity index (χ1n) is 11.8. The van der Waals surface area contributed by atoms with E-state index in [1.54, 1.807) is 36.2 Å². The third-order valence-electron chi connectivity index (χ3n) is 5.77. The number of aryl methyl sites for hydroxylation is 1. The van der Waals surface area contributed by atoms with Gasteiger partial charge in [0.25, 0.3) is 0 Å². The quantitative estimate of drug-likeness (QED) is 0.335. The first-order chi connectivity index (χ1) is 16.9. The Morgan fingerprint density at radius 2 is 1.94 bits per heavy atom. The van der Waals surface area contributed by atoms with Gasteiger partial charge < -0.3 is 4.90 Å². The topological polar surface area (TPSA) is 75.3 Å². The predicted molar refractivity (Wildman–Crippen MR) is 135 cm³/mol. The molecular formula is C25H32F2N8. The number of rotatable bonds is 8. The summed E-state index contributed by atoms with van der Waals surface area (Å²) in [6, 6.07) is 6.51. The van der Waals surface area contributed by atoms with Crippen molar-refractivity contribution in [1.29, 1.82) is 0 Å². The van der Waals surface area contributed by atoms with Crippen LogP contribution in [0.5, 0.6) is 0 Å². The van der Waals surface area contributed by atoms with E-state index in [0.717, 1.165) is 18.7 Å². The van der Waals surface area contributed by atoms with Gasteiger partial charge in [-0.25, -0.2) is 13.5 Å². The Kier molecular flexibility index (Phi) is 8.62. The molecule has 3 heterocycles. The van der Waals surface area contributed by atoms with E-state index in [-0.39, 0.29) is 17.2 Å². The summed E-state index contributed by atoms with van der Waals surface area (Å²) in [5, 5.41) is 17.2. The van der Waals surface area contributed by atoms with Crippen LogP contribution in [0, 0.1) is 17.6 Å². The largest absolute Gasteiger partial charge is 0.343 e. The highest BCUT2D eigenvalue weighted by atomic mass is 19.2. The van der Waals surface area contributed by atoms with Crippen molar-refractivity contribution in [3.05, 3.63) is 54.4 Å². The number of hydrogen-bond donors (Lipinski definition) is 0. The monoisotopic (exact) mass is 482 g/mol. The smallest absolute Gasteiger partial charge is 0.200 e. The maximum absolute atomic E-state index is 15.2. The van der Waals surface area contributed by atoms with Gasteiger partial charge in [-0.3, -0.25) is 9.99 Å². The van der Waals surface area contributed by atoms with Crippen LogP contribution in [0.3, 0.4) is 0 Å². The van der Waals surface area contributed by atoms with Crippen molar-refractivity contribution in [3.8, 4) is 22.6 Å². The van der Waals surface area contributed by atoms with Crippen LogP contribution in [0.4, 0.5) is 14.5 Å². The lowest BCUT2D eigenvalue weighted by atomic mass is 10.1. The number of allylic oxidation sites excluding steroid dienone is 1. The highest BCUT2D eigenvalue weighted by Crippen LogP contribution is 2.36. The summed E-state index contributed by atoms with van der Waals surface area (Å²) < 4.78 is 31.7. The Bertz CT molecular complexity index is 1160. The van der Waals surface area contributed by atoms with Crippen molar-refractivity contribution < 1.29 is 8.78 Å². The zero-order valence-electron chi connectivity index (χ0n) is 20.7. The molecule has 1 unspecified atom stereocenters. The van der Waals surface area contributed by atoms with Gasteiger partial charge in [0, 0.05) is 62.3 Å². The molecule has 0 N–H and O–H groups in total. The minimum atomic E-state index is -0.918.